The van der Waals surface area contributed by atoms with Crippen LogP contribution in [-0.4, -0.2) is 29.1 Å². The quantitative estimate of drug-likeness (QED) is 0.772. The first kappa shape index (κ1) is 16.8. The Hall–Kier alpha value is -1.58. The van der Waals surface area contributed by atoms with Gasteiger partial charge in [-0.3, -0.25) is 0 Å². The maximum Gasteiger partial charge on any atom is 0.416 e. The van der Waals surface area contributed by atoms with Crippen LogP contribution in [0.25, 0.3) is 0 Å². The number of carbonyl (C=O) groups excluding carboxylic acids is 1. The predicted molar refractivity (Wildman–Crippen MR) is 69.5 cm³/mol. The van der Waals surface area contributed by atoms with E-state index >= 15 is 0 Å². The van der Waals surface area contributed by atoms with Crippen LogP contribution in [0, 0.1) is 0 Å². The van der Waals surface area contributed by atoms with Gasteiger partial charge in [0.05, 0.1) is 17.0 Å². The second-order valence-corrected chi connectivity index (χ2v) is 5.60. The highest BCUT2D eigenvalue weighted by Crippen LogP contribution is 2.37. The lowest BCUT2D eigenvalue weighted by Gasteiger charge is -2.18. The van der Waals surface area contributed by atoms with Crippen molar-refractivity contribution in [1.29, 1.82) is 0 Å². The first-order chi connectivity index (χ1) is 10.1. The fourth-order valence-corrected chi connectivity index (χ4v) is 2.75. The van der Waals surface area contributed by atoms with Crippen molar-refractivity contribution in [2.24, 2.45) is 0 Å². The summed E-state index contributed by atoms with van der Waals surface area (Å²) in [7, 11) is 0. The van der Waals surface area contributed by atoms with Gasteiger partial charge in [-0.1, -0.05) is 0 Å². The molecule has 22 heavy (non-hydrogen) atoms. The summed E-state index contributed by atoms with van der Waals surface area (Å²) >= 11 is 1.44. The molecule has 0 saturated carbocycles. The van der Waals surface area contributed by atoms with Crippen LogP contribution >= 0.6 is 11.8 Å². The third-order valence-corrected chi connectivity index (χ3v) is 3.84. The van der Waals surface area contributed by atoms with Gasteiger partial charge in [-0.25, -0.2) is 4.79 Å². The summed E-state index contributed by atoms with van der Waals surface area (Å²) in [5.74, 6) is 1.01. The Bertz CT molecular complexity index is 533. The fourth-order valence-electron chi connectivity index (χ4n) is 1.80. The first-order valence-electron chi connectivity index (χ1n) is 6.00. The van der Waals surface area contributed by atoms with Crippen LogP contribution in [0.4, 0.5) is 36.8 Å². The van der Waals surface area contributed by atoms with Crippen molar-refractivity contribution >= 4 is 23.5 Å². The summed E-state index contributed by atoms with van der Waals surface area (Å²) < 4.78 is 76.1. The van der Waals surface area contributed by atoms with Crippen LogP contribution in [0.1, 0.15) is 11.1 Å². The average Bonchev–Trinajstić information content (AvgIpc) is 2.90. The number of alkyl halides is 6. The number of benzene rings is 1. The lowest BCUT2D eigenvalue weighted by Crippen LogP contribution is -2.32. The predicted octanol–water partition coefficient (Wildman–Crippen LogP) is 4.26. The summed E-state index contributed by atoms with van der Waals surface area (Å²) in [6.07, 6.45) is -9.88. The van der Waals surface area contributed by atoms with E-state index in [-0.39, 0.29) is 6.07 Å². The van der Waals surface area contributed by atoms with Crippen molar-refractivity contribution in [3.05, 3.63) is 29.3 Å². The average molecular weight is 344 g/mol. The maximum atomic E-state index is 12.7. The molecule has 0 radical (unpaired) electrons. The third kappa shape index (κ3) is 3.99. The van der Waals surface area contributed by atoms with Crippen LogP contribution in [0.15, 0.2) is 18.2 Å². The Morgan fingerprint density at radius 3 is 2.00 bits per heavy atom. The van der Waals surface area contributed by atoms with E-state index in [1.807, 2.05) is 0 Å². The van der Waals surface area contributed by atoms with Crippen molar-refractivity contribution in [2.75, 3.05) is 23.5 Å². The zero-order valence-corrected chi connectivity index (χ0v) is 11.7. The lowest BCUT2D eigenvalue weighted by molar-refractivity contribution is -0.143. The highest BCUT2D eigenvalue weighted by atomic mass is 32.2. The molecule has 0 aliphatic carbocycles. The normalized spacial score (nSPS) is 16.0. The number of hydrogen-bond donors (Lipinski definition) is 1. The number of anilines is 1. The van der Waals surface area contributed by atoms with Gasteiger partial charge in [0.15, 0.2) is 0 Å². The number of thioether (sulfide) groups is 1. The molecule has 1 aromatic rings. The molecule has 1 aliphatic heterocycles. The Balaban J connectivity index is 2.31. The Kier molecular flexibility index (Phi) is 4.50. The maximum absolute atomic E-state index is 12.7. The van der Waals surface area contributed by atoms with Crippen LogP contribution in [0.3, 0.4) is 0 Å². The third-order valence-electron chi connectivity index (χ3n) is 2.88. The van der Waals surface area contributed by atoms with Gasteiger partial charge >= 0.3 is 18.4 Å². The fraction of sp³-hybridized carbons (Fsp3) is 0.417. The second kappa shape index (κ2) is 5.90. The molecule has 2 rings (SSSR count). The molecule has 2 amide bonds. The van der Waals surface area contributed by atoms with E-state index in [1.54, 1.807) is 0 Å². The lowest BCUT2D eigenvalue weighted by atomic mass is 10.1. The number of rotatable bonds is 1. The van der Waals surface area contributed by atoms with Crippen LogP contribution < -0.4 is 5.32 Å². The second-order valence-electron chi connectivity index (χ2n) is 4.53. The molecular weight excluding hydrogens is 334 g/mol. The molecule has 1 fully saturated rings. The van der Waals surface area contributed by atoms with E-state index < -0.39 is 35.2 Å². The topological polar surface area (TPSA) is 32.3 Å². The van der Waals surface area contributed by atoms with Gasteiger partial charge < -0.3 is 10.2 Å². The standard InChI is InChI=1S/C12H10F6N2OS/c13-11(14,15)7-3-8(12(16,17)18)5-9(4-7)19-10(21)20-1-2-22-6-20/h3-5H,1-2,6H2,(H,19,21). The molecule has 0 spiro atoms. The van der Waals surface area contributed by atoms with E-state index in [2.05, 4.69) is 5.32 Å². The number of halogens is 6. The van der Waals surface area contributed by atoms with Gasteiger partial charge in [-0.2, -0.15) is 26.3 Å². The SMILES string of the molecule is O=C(Nc1cc(C(F)(F)F)cc(C(F)(F)F)c1)N1CCSC1. The van der Waals surface area contributed by atoms with Gasteiger partial charge in [0, 0.05) is 18.0 Å². The van der Waals surface area contributed by atoms with Crippen LogP contribution in [0.2, 0.25) is 0 Å². The molecular formula is C12H10F6N2OS. The first-order valence-corrected chi connectivity index (χ1v) is 7.16. The molecule has 0 bridgehead atoms. The minimum atomic E-state index is -4.94. The number of urea groups is 1. The monoisotopic (exact) mass is 344 g/mol. The summed E-state index contributed by atoms with van der Waals surface area (Å²) in [6, 6.07) is 0.256. The Morgan fingerprint density at radius 2 is 1.59 bits per heavy atom. The van der Waals surface area contributed by atoms with E-state index in [1.165, 1.54) is 16.7 Å². The largest absolute Gasteiger partial charge is 0.416 e. The molecule has 1 saturated heterocycles. The van der Waals surface area contributed by atoms with Crippen molar-refractivity contribution < 1.29 is 31.1 Å². The summed E-state index contributed by atoms with van der Waals surface area (Å²) in [4.78, 5) is 13.1. The number of hydrogen-bond acceptors (Lipinski definition) is 2. The molecule has 122 valence electrons. The summed E-state index contributed by atoms with van der Waals surface area (Å²) in [5, 5.41) is 2.08. The highest BCUT2D eigenvalue weighted by molar-refractivity contribution is 7.99. The van der Waals surface area contributed by atoms with Gasteiger partial charge in [0.2, 0.25) is 0 Å². The van der Waals surface area contributed by atoms with Gasteiger partial charge in [-0.05, 0) is 18.2 Å². The minimum absolute atomic E-state index is 0.0152. The minimum Gasteiger partial charge on any atom is -0.314 e. The Labute approximate surface area is 125 Å². The van der Waals surface area contributed by atoms with E-state index in [9.17, 15) is 31.1 Å². The van der Waals surface area contributed by atoms with Gasteiger partial charge in [0.25, 0.3) is 0 Å². The molecule has 0 atom stereocenters. The van der Waals surface area contributed by atoms with E-state index in [4.69, 9.17) is 0 Å². The van der Waals surface area contributed by atoms with Crippen LogP contribution in [-0.2, 0) is 12.4 Å². The molecule has 0 aromatic heterocycles. The van der Waals surface area contributed by atoms with Crippen molar-refractivity contribution in [3.8, 4) is 0 Å². The van der Waals surface area contributed by atoms with Crippen LogP contribution in [0.5, 0.6) is 0 Å². The highest BCUT2D eigenvalue weighted by Gasteiger charge is 2.37. The smallest absolute Gasteiger partial charge is 0.314 e. The van der Waals surface area contributed by atoms with Crippen molar-refractivity contribution in [2.45, 2.75) is 12.4 Å². The van der Waals surface area contributed by atoms with Crippen molar-refractivity contribution in [1.82, 2.24) is 4.90 Å². The summed E-state index contributed by atoms with van der Waals surface area (Å²) in [6.45, 7) is 0.390. The zero-order chi connectivity index (χ0) is 16.5. The Morgan fingerprint density at radius 1 is 1.05 bits per heavy atom. The van der Waals surface area contributed by atoms with Crippen molar-refractivity contribution in [3.63, 3.8) is 0 Å². The molecule has 3 nitrogen and oxygen atoms in total. The molecule has 0 unspecified atom stereocenters. The zero-order valence-electron chi connectivity index (χ0n) is 10.9. The molecule has 1 aromatic carbocycles. The van der Waals surface area contributed by atoms with E-state index in [0.717, 1.165) is 0 Å². The molecule has 1 heterocycles. The molecule has 1 aliphatic rings. The van der Waals surface area contributed by atoms with Gasteiger partial charge in [0.1, 0.15) is 0 Å². The molecule has 1 N–H and O–H groups in total. The number of amides is 2. The molecule has 10 heteroatoms. The van der Waals surface area contributed by atoms with E-state index in [0.29, 0.717) is 30.3 Å². The number of nitrogens with zero attached hydrogens (tertiary/aromatic N) is 1. The van der Waals surface area contributed by atoms with Gasteiger partial charge in [-0.15, -0.1) is 11.8 Å². The number of carbonyl (C=O) groups is 1. The summed E-state index contributed by atoms with van der Waals surface area (Å²) in [5.41, 5.74) is -3.47. The number of nitrogens with one attached hydrogen (secondary N) is 1.